The van der Waals surface area contributed by atoms with Gasteiger partial charge in [0.2, 0.25) is 11.8 Å². The monoisotopic (exact) mass is 371 g/mol. The number of carbonyl (C=O) groups excluding carboxylic acids is 2. The third-order valence-corrected chi connectivity index (χ3v) is 5.25. The average molecular weight is 372 g/mol. The van der Waals surface area contributed by atoms with Crippen LogP contribution in [0.15, 0.2) is 42.5 Å². The Morgan fingerprint density at radius 1 is 1.22 bits per heavy atom. The normalized spacial score (nSPS) is 22.2. The Labute approximate surface area is 162 Å². The second kappa shape index (κ2) is 10.9. The molecule has 1 fully saturated rings. The highest BCUT2D eigenvalue weighted by atomic mass is 16.2. The van der Waals surface area contributed by atoms with E-state index in [-0.39, 0.29) is 23.9 Å². The molecule has 2 unspecified atom stereocenters. The zero-order chi connectivity index (χ0) is 19.6. The van der Waals surface area contributed by atoms with Gasteiger partial charge in [-0.1, -0.05) is 56.2 Å². The third-order valence-electron chi connectivity index (χ3n) is 5.25. The summed E-state index contributed by atoms with van der Waals surface area (Å²) in [7, 11) is 0. The smallest absolute Gasteiger partial charge is 0.243 e. The van der Waals surface area contributed by atoms with Crippen molar-refractivity contribution in [3.8, 4) is 0 Å². The molecule has 5 nitrogen and oxygen atoms in total. The number of rotatable bonds is 8. The lowest BCUT2D eigenvalue weighted by Gasteiger charge is -2.29. The molecule has 1 aromatic carbocycles. The Bertz CT molecular complexity index is 628. The number of hydrogen-bond donors (Lipinski definition) is 3. The van der Waals surface area contributed by atoms with Crippen molar-refractivity contribution in [2.24, 2.45) is 11.7 Å². The second-order valence-electron chi connectivity index (χ2n) is 7.66. The van der Waals surface area contributed by atoms with Gasteiger partial charge in [-0.2, -0.15) is 0 Å². The summed E-state index contributed by atoms with van der Waals surface area (Å²) in [4.78, 5) is 24.3. The highest BCUT2D eigenvalue weighted by molar-refractivity contribution is 5.88. The summed E-state index contributed by atoms with van der Waals surface area (Å²) in [6, 6.07) is 9.55. The van der Waals surface area contributed by atoms with E-state index in [1.807, 2.05) is 18.2 Å². The molecule has 0 aromatic heterocycles. The molecule has 1 aliphatic carbocycles. The van der Waals surface area contributed by atoms with Crippen LogP contribution in [-0.2, 0) is 16.0 Å². The first-order chi connectivity index (χ1) is 13.0. The topological polar surface area (TPSA) is 84.2 Å². The first-order valence-corrected chi connectivity index (χ1v) is 10.0. The molecule has 148 valence electrons. The maximum atomic E-state index is 12.3. The molecule has 2 rings (SSSR count). The van der Waals surface area contributed by atoms with Gasteiger partial charge in [-0.3, -0.25) is 9.59 Å². The number of nitrogens with one attached hydrogen (secondary N) is 2. The lowest BCUT2D eigenvalue weighted by molar-refractivity contribution is -0.122. The number of aryl methyl sites for hydroxylation is 1. The summed E-state index contributed by atoms with van der Waals surface area (Å²) >= 11 is 0. The van der Waals surface area contributed by atoms with E-state index in [2.05, 4.69) is 29.7 Å². The van der Waals surface area contributed by atoms with Crippen molar-refractivity contribution in [1.29, 1.82) is 0 Å². The summed E-state index contributed by atoms with van der Waals surface area (Å²) < 4.78 is 0. The average Bonchev–Trinajstić information content (AvgIpc) is 2.66. The Morgan fingerprint density at radius 3 is 2.59 bits per heavy atom. The molecule has 27 heavy (non-hydrogen) atoms. The molecule has 1 aliphatic rings. The van der Waals surface area contributed by atoms with E-state index in [1.165, 1.54) is 24.8 Å². The maximum Gasteiger partial charge on any atom is 0.243 e. The highest BCUT2D eigenvalue weighted by Crippen LogP contribution is 2.23. The van der Waals surface area contributed by atoms with Gasteiger partial charge in [0.25, 0.3) is 0 Å². The zero-order valence-electron chi connectivity index (χ0n) is 16.5. The molecule has 5 heteroatoms. The SMILES string of the molecule is CC1CCCCC1NC(=O)C=C[C@H](CCc1ccccc1)NC(=O)[C@H](C)N. The van der Waals surface area contributed by atoms with Gasteiger partial charge in [0.05, 0.1) is 6.04 Å². The molecule has 1 aromatic rings. The molecule has 0 bridgehead atoms. The van der Waals surface area contributed by atoms with Gasteiger partial charge < -0.3 is 16.4 Å². The maximum absolute atomic E-state index is 12.3. The van der Waals surface area contributed by atoms with E-state index in [1.54, 1.807) is 19.1 Å². The lowest BCUT2D eigenvalue weighted by atomic mass is 9.86. The van der Waals surface area contributed by atoms with E-state index >= 15 is 0 Å². The van der Waals surface area contributed by atoms with Crippen LogP contribution in [0.2, 0.25) is 0 Å². The van der Waals surface area contributed by atoms with Gasteiger partial charge in [-0.05, 0) is 44.1 Å². The van der Waals surface area contributed by atoms with Gasteiger partial charge in [0, 0.05) is 18.2 Å². The number of carbonyl (C=O) groups is 2. The van der Waals surface area contributed by atoms with Crippen LogP contribution in [-0.4, -0.2) is 29.9 Å². The number of hydrogen-bond acceptors (Lipinski definition) is 3. The van der Waals surface area contributed by atoms with E-state index in [4.69, 9.17) is 5.73 Å². The molecule has 0 saturated heterocycles. The van der Waals surface area contributed by atoms with Crippen LogP contribution >= 0.6 is 0 Å². The fourth-order valence-corrected chi connectivity index (χ4v) is 3.46. The fraction of sp³-hybridized carbons (Fsp3) is 0.545. The predicted octanol–water partition coefficient (Wildman–Crippen LogP) is 2.70. The fourth-order valence-electron chi connectivity index (χ4n) is 3.46. The summed E-state index contributed by atoms with van der Waals surface area (Å²) in [6.07, 6.45) is 9.49. The van der Waals surface area contributed by atoms with Gasteiger partial charge in [-0.15, -0.1) is 0 Å². The van der Waals surface area contributed by atoms with Crippen LogP contribution in [0.3, 0.4) is 0 Å². The van der Waals surface area contributed by atoms with Crippen molar-refractivity contribution in [2.45, 2.75) is 70.5 Å². The van der Waals surface area contributed by atoms with Crippen LogP contribution in [0.4, 0.5) is 0 Å². The molecule has 1 saturated carbocycles. The van der Waals surface area contributed by atoms with Gasteiger partial charge >= 0.3 is 0 Å². The molecular formula is C22H33N3O2. The Balaban J connectivity index is 1.93. The van der Waals surface area contributed by atoms with Gasteiger partial charge in [0.1, 0.15) is 0 Å². The van der Waals surface area contributed by atoms with Crippen LogP contribution in [0.25, 0.3) is 0 Å². The first-order valence-electron chi connectivity index (χ1n) is 10.0. The van der Waals surface area contributed by atoms with Gasteiger partial charge in [-0.25, -0.2) is 0 Å². The molecule has 0 radical (unpaired) electrons. The molecular weight excluding hydrogens is 338 g/mol. The van der Waals surface area contributed by atoms with Crippen molar-refractivity contribution < 1.29 is 9.59 Å². The minimum Gasteiger partial charge on any atom is -0.350 e. The number of amides is 2. The third kappa shape index (κ3) is 7.55. The summed E-state index contributed by atoms with van der Waals surface area (Å²) in [5.41, 5.74) is 6.87. The molecule has 4 N–H and O–H groups in total. The Morgan fingerprint density at radius 2 is 1.93 bits per heavy atom. The van der Waals surface area contributed by atoms with Crippen molar-refractivity contribution in [3.63, 3.8) is 0 Å². The summed E-state index contributed by atoms with van der Waals surface area (Å²) in [5.74, 6) is 0.218. The predicted molar refractivity (Wildman–Crippen MR) is 109 cm³/mol. The van der Waals surface area contributed by atoms with Crippen LogP contribution in [0, 0.1) is 5.92 Å². The molecule has 0 heterocycles. The Hall–Kier alpha value is -2.14. The second-order valence-corrected chi connectivity index (χ2v) is 7.66. The largest absolute Gasteiger partial charge is 0.350 e. The van der Waals surface area contributed by atoms with Crippen molar-refractivity contribution >= 4 is 11.8 Å². The van der Waals surface area contributed by atoms with Crippen molar-refractivity contribution in [1.82, 2.24) is 10.6 Å². The van der Waals surface area contributed by atoms with Crippen LogP contribution in [0.5, 0.6) is 0 Å². The van der Waals surface area contributed by atoms with Crippen molar-refractivity contribution in [3.05, 3.63) is 48.0 Å². The Kier molecular flexibility index (Phi) is 8.52. The molecule has 0 spiro atoms. The first kappa shape index (κ1) is 21.2. The minimum absolute atomic E-state index is 0.0893. The molecule has 2 amide bonds. The molecule has 0 aliphatic heterocycles. The highest BCUT2D eigenvalue weighted by Gasteiger charge is 2.22. The van der Waals surface area contributed by atoms with E-state index < -0.39 is 6.04 Å². The van der Waals surface area contributed by atoms with Gasteiger partial charge in [0.15, 0.2) is 0 Å². The molecule has 4 atom stereocenters. The standard InChI is InChI=1S/C22H33N3O2/c1-16-8-6-7-11-20(16)25-21(26)15-14-19(24-22(27)17(2)23)13-12-18-9-4-3-5-10-18/h3-5,9-10,14-17,19-20H,6-8,11-13,23H2,1-2H3,(H,24,27)(H,25,26)/t16?,17-,19-,20?/m0/s1. The lowest BCUT2D eigenvalue weighted by Crippen LogP contribution is -2.44. The quantitative estimate of drug-likeness (QED) is 0.614. The van der Waals surface area contributed by atoms with E-state index in [0.717, 1.165) is 12.8 Å². The minimum atomic E-state index is -0.574. The van der Waals surface area contributed by atoms with E-state index in [9.17, 15) is 9.59 Å². The van der Waals surface area contributed by atoms with Crippen LogP contribution in [0.1, 0.15) is 51.5 Å². The van der Waals surface area contributed by atoms with E-state index in [0.29, 0.717) is 12.3 Å². The number of benzene rings is 1. The zero-order valence-corrected chi connectivity index (χ0v) is 16.5. The van der Waals surface area contributed by atoms with Crippen LogP contribution < -0.4 is 16.4 Å². The number of nitrogens with two attached hydrogens (primary N) is 1. The summed E-state index contributed by atoms with van der Waals surface area (Å²) in [5, 5.41) is 6.03. The van der Waals surface area contributed by atoms with Crippen molar-refractivity contribution in [2.75, 3.05) is 0 Å². The summed E-state index contributed by atoms with van der Waals surface area (Å²) in [6.45, 7) is 3.85.